The van der Waals surface area contributed by atoms with Crippen molar-refractivity contribution in [2.24, 2.45) is 5.10 Å². The molecule has 0 fully saturated rings. The zero-order valence-corrected chi connectivity index (χ0v) is 4.91. The van der Waals surface area contributed by atoms with Crippen molar-refractivity contribution in [3.8, 4) is 0 Å². The van der Waals surface area contributed by atoms with Gasteiger partial charge in [-0.3, -0.25) is 0 Å². The lowest BCUT2D eigenvalue weighted by molar-refractivity contribution is 0.557. The van der Waals surface area contributed by atoms with E-state index in [1.165, 1.54) is 0 Å². The molecule has 4 heteroatoms. The van der Waals surface area contributed by atoms with E-state index in [4.69, 9.17) is 11.6 Å². The summed E-state index contributed by atoms with van der Waals surface area (Å²) in [5.74, 6) is -0.691. The summed E-state index contributed by atoms with van der Waals surface area (Å²) in [6.07, 6.45) is 0. The first-order valence-electron chi connectivity index (χ1n) is 2.03. The Morgan fingerprint density at radius 2 is 2.25 bits per heavy atom. The average molecular weight is 134 g/mol. The van der Waals surface area contributed by atoms with Crippen molar-refractivity contribution in [1.82, 2.24) is 5.43 Å². The van der Waals surface area contributed by atoms with E-state index < -0.39 is 5.95 Å². The molecule has 0 saturated heterocycles. The SMILES string of the molecule is CC1=N[N]C(F)=C1Cl. The van der Waals surface area contributed by atoms with Crippen LogP contribution >= 0.6 is 11.6 Å². The summed E-state index contributed by atoms with van der Waals surface area (Å²) in [4.78, 5) is 0. The third-order valence-corrected chi connectivity index (χ3v) is 1.22. The molecule has 0 unspecified atom stereocenters. The second kappa shape index (κ2) is 1.74. The fraction of sp³-hybridized carbons (Fsp3) is 0.250. The van der Waals surface area contributed by atoms with Gasteiger partial charge in [0.15, 0.2) is 0 Å². The van der Waals surface area contributed by atoms with E-state index in [9.17, 15) is 4.39 Å². The molecule has 1 aliphatic rings. The predicted octanol–water partition coefficient (Wildman–Crippen LogP) is 1.36. The Bertz CT molecular complexity index is 167. The summed E-state index contributed by atoms with van der Waals surface area (Å²) in [6, 6.07) is 0. The molecular weight excluding hydrogens is 131 g/mol. The highest BCUT2D eigenvalue weighted by Crippen LogP contribution is 2.16. The predicted molar refractivity (Wildman–Crippen MR) is 29.2 cm³/mol. The number of rotatable bonds is 0. The molecule has 43 valence electrons. The van der Waals surface area contributed by atoms with Gasteiger partial charge in [0.25, 0.3) is 5.95 Å². The van der Waals surface area contributed by atoms with Crippen LogP contribution in [0.5, 0.6) is 0 Å². The lowest BCUT2D eigenvalue weighted by Gasteiger charge is -1.80. The summed E-state index contributed by atoms with van der Waals surface area (Å²) in [5.41, 5.74) is 3.50. The van der Waals surface area contributed by atoms with E-state index in [1.54, 1.807) is 6.92 Å². The molecule has 0 N–H and O–H groups in total. The monoisotopic (exact) mass is 133 g/mol. The number of hydrogen-bond acceptors (Lipinski definition) is 1. The van der Waals surface area contributed by atoms with E-state index in [0.29, 0.717) is 5.71 Å². The highest BCUT2D eigenvalue weighted by molar-refractivity contribution is 6.43. The summed E-state index contributed by atoms with van der Waals surface area (Å²) >= 11 is 5.29. The molecule has 0 saturated carbocycles. The zero-order chi connectivity index (χ0) is 6.15. The van der Waals surface area contributed by atoms with Crippen molar-refractivity contribution in [1.29, 1.82) is 0 Å². The summed E-state index contributed by atoms with van der Waals surface area (Å²) in [7, 11) is 0. The van der Waals surface area contributed by atoms with Gasteiger partial charge in [0.2, 0.25) is 0 Å². The van der Waals surface area contributed by atoms with Crippen LogP contribution in [0, 0.1) is 0 Å². The van der Waals surface area contributed by atoms with Crippen LogP contribution in [0.3, 0.4) is 0 Å². The van der Waals surface area contributed by atoms with Crippen LogP contribution in [0.2, 0.25) is 0 Å². The molecule has 2 nitrogen and oxygen atoms in total. The maximum absolute atomic E-state index is 12.0. The van der Waals surface area contributed by atoms with Crippen molar-refractivity contribution in [3.63, 3.8) is 0 Å². The lowest BCUT2D eigenvalue weighted by atomic mass is 10.4. The smallest absolute Gasteiger partial charge is 0.181 e. The summed E-state index contributed by atoms with van der Waals surface area (Å²) < 4.78 is 12.0. The maximum atomic E-state index is 12.0. The third kappa shape index (κ3) is 0.690. The fourth-order valence-corrected chi connectivity index (χ4v) is 0.432. The summed E-state index contributed by atoms with van der Waals surface area (Å²) in [6.45, 7) is 1.60. The van der Waals surface area contributed by atoms with Gasteiger partial charge in [-0.2, -0.15) is 9.49 Å². The van der Waals surface area contributed by atoms with Gasteiger partial charge in [-0.15, -0.1) is 5.43 Å². The lowest BCUT2D eigenvalue weighted by Crippen LogP contribution is -1.83. The highest BCUT2D eigenvalue weighted by atomic mass is 35.5. The van der Waals surface area contributed by atoms with Crippen LogP contribution in [0.25, 0.3) is 0 Å². The van der Waals surface area contributed by atoms with Gasteiger partial charge >= 0.3 is 0 Å². The molecule has 1 rings (SSSR count). The molecule has 0 aliphatic carbocycles. The average Bonchev–Trinajstić information content (AvgIpc) is 1.98. The van der Waals surface area contributed by atoms with Gasteiger partial charge in [0.05, 0.1) is 5.71 Å². The van der Waals surface area contributed by atoms with E-state index in [1.807, 2.05) is 0 Å². The Morgan fingerprint density at radius 1 is 1.62 bits per heavy atom. The van der Waals surface area contributed by atoms with Crippen molar-refractivity contribution >= 4 is 17.3 Å². The number of halogens is 2. The van der Waals surface area contributed by atoms with Crippen LogP contribution in [-0.2, 0) is 0 Å². The molecule has 0 bridgehead atoms. The molecule has 0 aromatic heterocycles. The number of nitrogens with zero attached hydrogens (tertiary/aromatic N) is 2. The number of hydrogen-bond donors (Lipinski definition) is 0. The van der Waals surface area contributed by atoms with Gasteiger partial charge in [-0.25, -0.2) is 0 Å². The Kier molecular flexibility index (Phi) is 1.21. The largest absolute Gasteiger partial charge is 0.253 e. The quantitative estimate of drug-likeness (QED) is 0.446. The van der Waals surface area contributed by atoms with E-state index >= 15 is 0 Å². The van der Waals surface area contributed by atoms with Crippen LogP contribution in [0.1, 0.15) is 6.92 Å². The molecule has 1 radical (unpaired) electrons. The van der Waals surface area contributed by atoms with Gasteiger partial charge in [-0.1, -0.05) is 11.6 Å². The molecule has 1 heterocycles. The van der Waals surface area contributed by atoms with Crippen LogP contribution in [0.4, 0.5) is 4.39 Å². The fourth-order valence-electron chi connectivity index (χ4n) is 0.356. The van der Waals surface area contributed by atoms with Gasteiger partial charge in [-0.05, 0) is 6.92 Å². The van der Waals surface area contributed by atoms with Gasteiger partial charge < -0.3 is 0 Å². The Balaban J connectivity index is 2.88. The first-order valence-corrected chi connectivity index (χ1v) is 2.40. The molecule has 8 heavy (non-hydrogen) atoms. The molecule has 0 atom stereocenters. The molecule has 0 spiro atoms. The highest BCUT2D eigenvalue weighted by Gasteiger charge is 2.14. The number of allylic oxidation sites excluding steroid dienone is 1. The minimum absolute atomic E-state index is 0.0185. The van der Waals surface area contributed by atoms with Crippen molar-refractivity contribution in [2.45, 2.75) is 6.92 Å². The van der Waals surface area contributed by atoms with Gasteiger partial charge in [0, 0.05) is 0 Å². The normalized spacial score (nSPS) is 18.6. The minimum atomic E-state index is -0.691. The summed E-state index contributed by atoms with van der Waals surface area (Å²) in [5, 5.41) is 3.38. The third-order valence-electron chi connectivity index (χ3n) is 0.787. The van der Waals surface area contributed by atoms with Crippen LogP contribution < -0.4 is 5.43 Å². The molecule has 0 aromatic carbocycles. The van der Waals surface area contributed by atoms with Crippen LogP contribution in [0.15, 0.2) is 16.1 Å². The van der Waals surface area contributed by atoms with Crippen molar-refractivity contribution in [2.75, 3.05) is 0 Å². The molecule has 0 amide bonds. The Labute approximate surface area is 51.0 Å². The second-order valence-electron chi connectivity index (χ2n) is 1.39. The topological polar surface area (TPSA) is 26.5 Å². The minimum Gasteiger partial charge on any atom is -0.181 e. The Morgan fingerprint density at radius 3 is 2.38 bits per heavy atom. The molecular formula is C4H3ClFN2. The first-order chi connectivity index (χ1) is 3.72. The maximum Gasteiger partial charge on any atom is 0.253 e. The van der Waals surface area contributed by atoms with Crippen LogP contribution in [-0.4, -0.2) is 5.71 Å². The van der Waals surface area contributed by atoms with E-state index in [2.05, 4.69) is 10.5 Å². The first kappa shape index (κ1) is 5.56. The standard InChI is InChI=1S/C4H3ClFN2/c1-2-3(5)4(6)8-7-2/h1H3. The van der Waals surface area contributed by atoms with E-state index in [-0.39, 0.29) is 5.03 Å². The van der Waals surface area contributed by atoms with Gasteiger partial charge in [0.1, 0.15) is 5.03 Å². The van der Waals surface area contributed by atoms with E-state index in [0.717, 1.165) is 0 Å². The molecule has 0 aromatic rings. The van der Waals surface area contributed by atoms with Crippen molar-refractivity contribution < 1.29 is 4.39 Å². The molecule has 1 aliphatic heterocycles. The Hall–Kier alpha value is -0.570. The second-order valence-corrected chi connectivity index (χ2v) is 1.77. The zero-order valence-electron chi connectivity index (χ0n) is 4.15. The van der Waals surface area contributed by atoms with Crippen molar-refractivity contribution in [3.05, 3.63) is 11.0 Å².